The van der Waals surface area contributed by atoms with E-state index < -0.39 is 5.97 Å². The van der Waals surface area contributed by atoms with E-state index in [0.29, 0.717) is 31.7 Å². The summed E-state index contributed by atoms with van der Waals surface area (Å²) in [5.74, 6) is -1.00. The Hall–Kier alpha value is -1.36. The number of carboxylic acid groups (broad SMARTS) is 1. The number of rotatable bonds is 4. The average Bonchev–Trinajstić information content (AvgIpc) is 2.21. The monoisotopic (exact) mass is 213 g/mol. The molecule has 0 aliphatic carbocycles. The molecule has 1 amide bonds. The summed E-state index contributed by atoms with van der Waals surface area (Å²) < 4.78 is 4.96. The molecule has 84 valence electrons. The molecule has 1 aliphatic heterocycles. The summed E-state index contributed by atoms with van der Waals surface area (Å²) in [6.45, 7) is 3.29. The molecule has 0 spiro atoms. The van der Waals surface area contributed by atoms with Crippen molar-refractivity contribution in [2.24, 2.45) is 0 Å². The first kappa shape index (κ1) is 11.7. The predicted molar refractivity (Wildman–Crippen MR) is 53.4 cm³/mol. The first-order valence-corrected chi connectivity index (χ1v) is 4.93. The zero-order valence-corrected chi connectivity index (χ0v) is 8.73. The van der Waals surface area contributed by atoms with Crippen LogP contribution in [0, 0.1) is 0 Å². The molecule has 1 fully saturated rings. The van der Waals surface area contributed by atoms with Gasteiger partial charge >= 0.3 is 5.97 Å². The molecule has 0 aromatic rings. The molecule has 1 aliphatic rings. The number of ether oxygens (including phenoxy) is 1. The summed E-state index contributed by atoms with van der Waals surface area (Å²) in [6.07, 6.45) is 2.05. The van der Waals surface area contributed by atoms with Gasteiger partial charge < -0.3 is 14.7 Å². The van der Waals surface area contributed by atoms with E-state index in [4.69, 9.17) is 9.84 Å². The van der Waals surface area contributed by atoms with Crippen molar-refractivity contribution in [1.82, 2.24) is 4.90 Å². The standard InChI is InChI=1S/C10H15NO4/c1-2-8(10(13)14)3-4-11-5-6-15-7-9(11)12/h3H,2,4-7H2,1H3,(H,13,14). The van der Waals surface area contributed by atoms with Crippen LogP contribution < -0.4 is 0 Å². The Balaban J connectivity index is 2.53. The molecule has 0 atom stereocenters. The van der Waals surface area contributed by atoms with Crippen molar-refractivity contribution in [3.63, 3.8) is 0 Å². The van der Waals surface area contributed by atoms with Crippen LogP contribution in [0.2, 0.25) is 0 Å². The maximum atomic E-state index is 11.3. The lowest BCUT2D eigenvalue weighted by Crippen LogP contribution is -2.41. The van der Waals surface area contributed by atoms with Crippen LogP contribution in [0.1, 0.15) is 13.3 Å². The van der Waals surface area contributed by atoms with Crippen molar-refractivity contribution in [2.75, 3.05) is 26.3 Å². The number of carboxylic acids is 1. The minimum absolute atomic E-state index is 0.0849. The molecule has 1 N–H and O–H groups in total. The molecule has 0 bridgehead atoms. The number of morpholine rings is 1. The highest BCUT2D eigenvalue weighted by Crippen LogP contribution is 2.04. The largest absolute Gasteiger partial charge is 0.478 e. The highest BCUT2D eigenvalue weighted by molar-refractivity contribution is 5.86. The second-order valence-electron chi connectivity index (χ2n) is 3.28. The number of amides is 1. The molecule has 1 saturated heterocycles. The third-order valence-electron chi connectivity index (χ3n) is 2.30. The van der Waals surface area contributed by atoms with Gasteiger partial charge in [-0.3, -0.25) is 4.79 Å². The lowest BCUT2D eigenvalue weighted by atomic mass is 10.2. The van der Waals surface area contributed by atoms with E-state index >= 15 is 0 Å². The van der Waals surface area contributed by atoms with Crippen molar-refractivity contribution >= 4 is 11.9 Å². The fraction of sp³-hybridized carbons (Fsp3) is 0.600. The molecule has 0 aromatic heterocycles. The highest BCUT2D eigenvalue weighted by atomic mass is 16.5. The van der Waals surface area contributed by atoms with Crippen molar-refractivity contribution in [1.29, 1.82) is 0 Å². The Morgan fingerprint density at radius 3 is 2.93 bits per heavy atom. The van der Waals surface area contributed by atoms with Crippen molar-refractivity contribution in [2.45, 2.75) is 13.3 Å². The Morgan fingerprint density at radius 2 is 2.40 bits per heavy atom. The summed E-state index contributed by atoms with van der Waals surface area (Å²) in [5.41, 5.74) is 0.342. The van der Waals surface area contributed by atoms with Crippen molar-refractivity contribution in [3.05, 3.63) is 11.6 Å². The number of carbonyl (C=O) groups is 2. The number of carbonyl (C=O) groups excluding carboxylic acids is 1. The fourth-order valence-corrected chi connectivity index (χ4v) is 1.35. The first-order chi connectivity index (χ1) is 7.15. The van der Waals surface area contributed by atoms with E-state index in [1.165, 1.54) is 0 Å². The van der Waals surface area contributed by atoms with Gasteiger partial charge in [-0.15, -0.1) is 0 Å². The van der Waals surface area contributed by atoms with Gasteiger partial charge in [0, 0.05) is 18.7 Å². The summed E-state index contributed by atoms with van der Waals surface area (Å²) in [4.78, 5) is 23.6. The van der Waals surface area contributed by atoms with Crippen LogP contribution in [0.15, 0.2) is 11.6 Å². The van der Waals surface area contributed by atoms with Gasteiger partial charge in [0.05, 0.1) is 6.61 Å². The molecule has 0 unspecified atom stereocenters. The average molecular weight is 213 g/mol. The summed E-state index contributed by atoms with van der Waals surface area (Å²) >= 11 is 0. The molecule has 0 radical (unpaired) electrons. The van der Waals surface area contributed by atoms with Crippen LogP contribution >= 0.6 is 0 Å². The second-order valence-corrected chi connectivity index (χ2v) is 3.28. The van der Waals surface area contributed by atoms with Gasteiger partial charge in [0.15, 0.2) is 0 Å². The molecule has 15 heavy (non-hydrogen) atoms. The van der Waals surface area contributed by atoms with Crippen LogP contribution in [0.3, 0.4) is 0 Å². The van der Waals surface area contributed by atoms with Gasteiger partial charge in [-0.25, -0.2) is 4.79 Å². The van der Waals surface area contributed by atoms with E-state index in [2.05, 4.69) is 0 Å². The zero-order valence-electron chi connectivity index (χ0n) is 8.73. The van der Waals surface area contributed by atoms with E-state index in [1.807, 2.05) is 0 Å². The van der Waals surface area contributed by atoms with Gasteiger partial charge in [-0.1, -0.05) is 13.0 Å². The molecule has 5 nitrogen and oxygen atoms in total. The fourth-order valence-electron chi connectivity index (χ4n) is 1.35. The van der Waals surface area contributed by atoms with Crippen LogP contribution in [-0.4, -0.2) is 48.2 Å². The van der Waals surface area contributed by atoms with Gasteiger partial charge in [-0.05, 0) is 6.42 Å². The maximum Gasteiger partial charge on any atom is 0.331 e. The van der Waals surface area contributed by atoms with E-state index in [-0.39, 0.29) is 12.5 Å². The van der Waals surface area contributed by atoms with Crippen LogP contribution in [0.4, 0.5) is 0 Å². The van der Waals surface area contributed by atoms with E-state index in [0.717, 1.165) is 0 Å². The third-order valence-corrected chi connectivity index (χ3v) is 2.30. The normalized spacial score (nSPS) is 18.1. The Morgan fingerprint density at radius 1 is 1.67 bits per heavy atom. The molecule has 0 saturated carbocycles. The first-order valence-electron chi connectivity index (χ1n) is 4.93. The van der Waals surface area contributed by atoms with Gasteiger partial charge in [0.2, 0.25) is 5.91 Å². The lowest BCUT2D eigenvalue weighted by Gasteiger charge is -2.25. The van der Waals surface area contributed by atoms with E-state index in [9.17, 15) is 9.59 Å². The Kier molecular flexibility index (Phi) is 4.30. The number of aliphatic carboxylic acids is 1. The summed E-state index contributed by atoms with van der Waals surface area (Å²) in [6, 6.07) is 0. The Labute approximate surface area is 88.3 Å². The molecule has 0 aromatic carbocycles. The second kappa shape index (κ2) is 5.50. The summed E-state index contributed by atoms with van der Waals surface area (Å²) in [5, 5.41) is 8.77. The summed E-state index contributed by atoms with van der Waals surface area (Å²) in [7, 11) is 0. The quantitative estimate of drug-likeness (QED) is 0.680. The van der Waals surface area contributed by atoms with E-state index in [1.54, 1.807) is 17.9 Å². The van der Waals surface area contributed by atoms with Crippen LogP contribution in [0.5, 0.6) is 0 Å². The molecular weight excluding hydrogens is 198 g/mol. The molecule has 1 heterocycles. The third kappa shape index (κ3) is 3.36. The number of hydrogen-bond donors (Lipinski definition) is 1. The van der Waals surface area contributed by atoms with Crippen LogP contribution in [-0.2, 0) is 14.3 Å². The minimum Gasteiger partial charge on any atom is -0.478 e. The maximum absolute atomic E-state index is 11.3. The smallest absolute Gasteiger partial charge is 0.331 e. The van der Waals surface area contributed by atoms with Crippen molar-refractivity contribution in [3.8, 4) is 0 Å². The zero-order chi connectivity index (χ0) is 11.3. The predicted octanol–water partition coefficient (Wildman–Crippen LogP) is 0.266. The van der Waals surface area contributed by atoms with Crippen LogP contribution in [0.25, 0.3) is 0 Å². The van der Waals surface area contributed by atoms with Gasteiger partial charge in [0.25, 0.3) is 0 Å². The SMILES string of the molecule is CCC(=CCN1CCOCC1=O)C(=O)O. The van der Waals surface area contributed by atoms with Crippen molar-refractivity contribution < 1.29 is 19.4 Å². The number of hydrogen-bond acceptors (Lipinski definition) is 3. The van der Waals surface area contributed by atoms with Gasteiger partial charge in [-0.2, -0.15) is 0 Å². The lowest BCUT2D eigenvalue weighted by molar-refractivity contribution is -0.142. The Bertz CT molecular complexity index is 285. The number of nitrogens with zero attached hydrogens (tertiary/aromatic N) is 1. The minimum atomic E-state index is -0.918. The highest BCUT2D eigenvalue weighted by Gasteiger charge is 2.17. The molecule has 1 rings (SSSR count). The topological polar surface area (TPSA) is 66.8 Å². The molecule has 5 heteroatoms. The van der Waals surface area contributed by atoms with Gasteiger partial charge in [0.1, 0.15) is 6.61 Å². The molecular formula is C10H15NO4.